The summed E-state index contributed by atoms with van der Waals surface area (Å²) in [6.07, 6.45) is 13.8. The number of hydrogen-bond acceptors (Lipinski definition) is 6. The first-order valence-electron chi connectivity index (χ1n) is 12.4. The van der Waals surface area contributed by atoms with Crippen LogP contribution in [-0.2, 0) is 10.3 Å². The highest BCUT2D eigenvalue weighted by Crippen LogP contribution is 2.42. The normalized spacial score (nSPS) is 22.3. The molecule has 3 aliphatic heterocycles. The second-order valence-corrected chi connectivity index (χ2v) is 10.3. The Bertz CT molecular complexity index is 1300. The van der Waals surface area contributed by atoms with Crippen molar-refractivity contribution in [3.8, 4) is 0 Å². The number of anilines is 1. The molecule has 8 nitrogen and oxygen atoms in total. The van der Waals surface area contributed by atoms with E-state index in [9.17, 15) is 9.18 Å². The molecular weight excluding hydrogens is 459 g/mol. The first-order valence-corrected chi connectivity index (χ1v) is 12.4. The zero-order valence-corrected chi connectivity index (χ0v) is 20.9. The van der Waals surface area contributed by atoms with Crippen LogP contribution in [0.3, 0.4) is 0 Å². The number of fused-ring (bicyclic) bond motifs is 1. The van der Waals surface area contributed by atoms with Crippen molar-refractivity contribution in [2.75, 3.05) is 38.7 Å². The van der Waals surface area contributed by atoms with Crippen molar-refractivity contribution >= 4 is 17.2 Å². The van der Waals surface area contributed by atoms with Gasteiger partial charge in [-0.25, -0.2) is 4.39 Å². The lowest BCUT2D eigenvalue weighted by Crippen LogP contribution is -2.47. The number of halogens is 1. The Morgan fingerprint density at radius 2 is 2.00 bits per heavy atom. The summed E-state index contributed by atoms with van der Waals surface area (Å²) in [5.41, 5.74) is 4.40. The number of hydrogen-bond donors (Lipinski definition) is 1. The number of aromatic nitrogens is 2. The van der Waals surface area contributed by atoms with Crippen molar-refractivity contribution in [2.45, 2.75) is 38.4 Å². The Morgan fingerprint density at radius 3 is 2.75 bits per heavy atom. The number of aryl methyl sites for hydroxylation is 1. The van der Waals surface area contributed by atoms with E-state index in [0.29, 0.717) is 18.8 Å². The first kappa shape index (κ1) is 22.8. The Balaban J connectivity index is 1.31. The van der Waals surface area contributed by atoms with Crippen LogP contribution in [-0.4, -0.2) is 69.9 Å². The molecule has 1 unspecified atom stereocenters. The second kappa shape index (κ2) is 8.51. The third-order valence-corrected chi connectivity index (χ3v) is 7.62. The lowest BCUT2D eigenvalue weighted by molar-refractivity contribution is 0.0418. The number of nitrogens with one attached hydrogen (secondary N) is 1. The SMILES string of the molecule is Cc1cc(F)c(NC(=O)c2cnn(C3(C)CC3)c2)cc1C1=CN2C=CN(C)C2C(N2CCOCC2)=C1. The molecule has 1 aromatic heterocycles. The average Bonchev–Trinajstić information content (AvgIpc) is 3.27. The maximum Gasteiger partial charge on any atom is 0.258 e. The summed E-state index contributed by atoms with van der Waals surface area (Å²) in [5.74, 6) is -0.829. The van der Waals surface area contributed by atoms with Crippen molar-refractivity contribution in [3.05, 3.63) is 77.4 Å². The number of amides is 1. The Morgan fingerprint density at radius 1 is 1.22 bits per heavy atom. The van der Waals surface area contributed by atoms with E-state index in [1.54, 1.807) is 18.5 Å². The van der Waals surface area contributed by atoms with Crippen molar-refractivity contribution in [3.63, 3.8) is 0 Å². The molecule has 36 heavy (non-hydrogen) atoms. The molecule has 4 heterocycles. The zero-order chi connectivity index (χ0) is 25.0. The van der Waals surface area contributed by atoms with E-state index in [2.05, 4.69) is 63.8 Å². The number of nitrogens with zero attached hydrogens (tertiary/aromatic N) is 5. The van der Waals surface area contributed by atoms with Crippen LogP contribution in [0.2, 0.25) is 0 Å². The average molecular weight is 491 g/mol. The van der Waals surface area contributed by atoms with Crippen LogP contribution >= 0.6 is 0 Å². The first-order chi connectivity index (χ1) is 17.3. The minimum absolute atomic E-state index is 0.00522. The van der Waals surface area contributed by atoms with Gasteiger partial charge < -0.3 is 24.8 Å². The van der Waals surface area contributed by atoms with Crippen LogP contribution in [0.5, 0.6) is 0 Å². The van der Waals surface area contributed by atoms with Gasteiger partial charge in [-0.1, -0.05) is 0 Å². The van der Waals surface area contributed by atoms with E-state index in [1.165, 1.54) is 11.8 Å². The molecule has 1 N–H and O–H groups in total. The fraction of sp³-hybridized carbons (Fsp3) is 0.407. The second-order valence-electron chi connectivity index (χ2n) is 10.3. The number of allylic oxidation sites excluding steroid dienone is 2. The van der Waals surface area contributed by atoms with Gasteiger partial charge >= 0.3 is 0 Å². The van der Waals surface area contributed by atoms with Crippen LogP contribution in [0, 0.1) is 12.7 Å². The Hall–Kier alpha value is -3.59. The Labute approximate surface area is 210 Å². The van der Waals surface area contributed by atoms with E-state index < -0.39 is 5.82 Å². The van der Waals surface area contributed by atoms with Gasteiger partial charge in [0.05, 0.1) is 41.9 Å². The summed E-state index contributed by atoms with van der Waals surface area (Å²) in [6.45, 7) is 7.05. The molecule has 0 bridgehead atoms. The van der Waals surface area contributed by atoms with Gasteiger partial charge in [0.1, 0.15) is 12.0 Å². The van der Waals surface area contributed by atoms with Gasteiger partial charge in [-0.2, -0.15) is 5.10 Å². The molecule has 1 amide bonds. The lowest BCUT2D eigenvalue weighted by Gasteiger charge is -2.41. The van der Waals surface area contributed by atoms with Crippen molar-refractivity contribution < 1.29 is 13.9 Å². The predicted molar refractivity (Wildman–Crippen MR) is 135 cm³/mol. The summed E-state index contributed by atoms with van der Waals surface area (Å²) in [6, 6.07) is 3.22. The molecule has 188 valence electrons. The van der Waals surface area contributed by atoms with Gasteiger partial charge in [0.25, 0.3) is 5.91 Å². The van der Waals surface area contributed by atoms with Gasteiger partial charge in [-0.15, -0.1) is 0 Å². The van der Waals surface area contributed by atoms with E-state index in [0.717, 1.165) is 42.6 Å². The minimum Gasteiger partial charge on any atom is -0.378 e. The van der Waals surface area contributed by atoms with E-state index >= 15 is 0 Å². The number of carbonyl (C=O) groups is 1. The predicted octanol–water partition coefficient (Wildman–Crippen LogP) is 3.71. The van der Waals surface area contributed by atoms with Crippen molar-refractivity contribution in [1.29, 1.82) is 0 Å². The van der Waals surface area contributed by atoms with E-state index in [4.69, 9.17) is 4.74 Å². The molecule has 1 aromatic carbocycles. The zero-order valence-electron chi connectivity index (χ0n) is 20.9. The highest BCUT2D eigenvalue weighted by atomic mass is 19.1. The van der Waals surface area contributed by atoms with Gasteiger partial charge in [0.2, 0.25) is 0 Å². The molecule has 2 fully saturated rings. The van der Waals surface area contributed by atoms with Gasteiger partial charge in [0.15, 0.2) is 0 Å². The summed E-state index contributed by atoms with van der Waals surface area (Å²) < 4.78 is 22.4. The number of ether oxygens (including phenoxy) is 1. The molecule has 4 aliphatic rings. The fourth-order valence-corrected chi connectivity index (χ4v) is 5.10. The Kier molecular flexibility index (Phi) is 5.40. The van der Waals surface area contributed by atoms with Gasteiger partial charge in [0, 0.05) is 50.5 Å². The molecule has 1 saturated heterocycles. The highest BCUT2D eigenvalue weighted by molar-refractivity contribution is 6.04. The smallest absolute Gasteiger partial charge is 0.258 e. The number of morpholine rings is 1. The van der Waals surface area contributed by atoms with E-state index in [1.807, 2.05) is 11.6 Å². The third-order valence-electron chi connectivity index (χ3n) is 7.62. The summed E-state index contributed by atoms with van der Waals surface area (Å²) in [4.78, 5) is 19.7. The number of rotatable bonds is 5. The van der Waals surface area contributed by atoms with Crippen LogP contribution in [0.4, 0.5) is 10.1 Å². The van der Waals surface area contributed by atoms with Gasteiger partial charge in [-0.3, -0.25) is 9.48 Å². The highest BCUT2D eigenvalue weighted by Gasteiger charge is 2.40. The minimum atomic E-state index is -0.460. The maximum absolute atomic E-state index is 15.0. The van der Waals surface area contributed by atoms with Crippen LogP contribution in [0.25, 0.3) is 5.57 Å². The molecule has 6 rings (SSSR count). The quantitative estimate of drug-likeness (QED) is 0.690. The van der Waals surface area contributed by atoms with Crippen LogP contribution < -0.4 is 5.32 Å². The largest absolute Gasteiger partial charge is 0.378 e. The van der Waals surface area contributed by atoms with Gasteiger partial charge in [-0.05, 0) is 56.0 Å². The molecule has 2 aromatic rings. The van der Waals surface area contributed by atoms with E-state index in [-0.39, 0.29) is 23.3 Å². The van der Waals surface area contributed by atoms with Crippen molar-refractivity contribution in [1.82, 2.24) is 24.5 Å². The third kappa shape index (κ3) is 3.97. The molecule has 1 aliphatic carbocycles. The number of likely N-dealkylation sites (N-methyl/N-ethyl adjacent to an activating group) is 1. The summed E-state index contributed by atoms with van der Waals surface area (Å²) in [7, 11) is 2.07. The molecule has 0 spiro atoms. The monoisotopic (exact) mass is 490 g/mol. The summed E-state index contributed by atoms with van der Waals surface area (Å²) >= 11 is 0. The standard InChI is InChI=1S/C27H31FN6O2/c1-18-12-22(28)23(30-25(35)20-15-29-34(17-20)27(2)4-5-27)14-21(18)19-13-24(32-8-10-36-11-9-32)26-31(3)6-7-33(26)16-19/h6-7,12-17,26H,4-5,8-11H2,1-3H3,(H,30,35). The summed E-state index contributed by atoms with van der Waals surface area (Å²) in [5, 5.41) is 7.11. The van der Waals surface area contributed by atoms with Crippen LogP contribution in [0.15, 0.2) is 54.9 Å². The fourth-order valence-electron chi connectivity index (χ4n) is 5.10. The molecule has 9 heteroatoms. The number of benzene rings is 1. The lowest BCUT2D eigenvalue weighted by atomic mass is 9.96. The number of carbonyl (C=O) groups excluding carboxylic acids is 1. The molecule has 1 saturated carbocycles. The topological polar surface area (TPSA) is 65.9 Å². The molecular formula is C27H31FN6O2. The molecule has 1 atom stereocenters. The van der Waals surface area contributed by atoms with Crippen molar-refractivity contribution in [2.24, 2.45) is 0 Å². The maximum atomic E-state index is 15.0. The molecule has 0 radical (unpaired) electrons. The van der Waals surface area contributed by atoms with Crippen LogP contribution in [0.1, 0.15) is 41.3 Å².